The second-order valence-electron chi connectivity index (χ2n) is 7.86. The number of benzene rings is 2. The minimum Gasteiger partial charge on any atom is -0.352 e. The van der Waals surface area contributed by atoms with E-state index < -0.39 is 12.3 Å². The summed E-state index contributed by atoms with van der Waals surface area (Å²) in [5.41, 5.74) is 8.76. The van der Waals surface area contributed by atoms with Gasteiger partial charge in [-0.2, -0.15) is 0 Å². The van der Waals surface area contributed by atoms with Crippen molar-refractivity contribution in [3.05, 3.63) is 88.1 Å². The fourth-order valence-electron chi connectivity index (χ4n) is 3.50. The first-order chi connectivity index (χ1) is 16.9. The molecular formula is C25H25ClN6O3. The average Bonchev–Trinajstić information content (AvgIpc) is 2.89. The number of hydrogen-bond acceptors (Lipinski definition) is 7. The van der Waals surface area contributed by atoms with Gasteiger partial charge in [0.05, 0.1) is 10.7 Å². The van der Waals surface area contributed by atoms with E-state index >= 15 is 0 Å². The third-order valence-electron chi connectivity index (χ3n) is 5.44. The molecule has 0 fully saturated rings. The average molecular weight is 493 g/mol. The van der Waals surface area contributed by atoms with Crippen LogP contribution in [-0.4, -0.2) is 43.0 Å². The molecule has 1 aromatic heterocycles. The number of hydrogen-bond donors (Lipinski definition) is 4. The van der Waals surface area contributed by atoms with Crippen molar-refractivity contribution in [2.24, 2.45) is 10.7 Å². The lowest BCUT2D eigenvalue weighted by molar-refractivity contribution is 0.0951. The van der Waals surface area contributed by atoms with Gasteiger partial charge in [0.2, 0.25) is 6.35 Å². The van der Waals surface area contributed by atoms with Crippen molar-refractivity contribution < 1.29 is 14.3 Å². The molecule has 5 N–H and O–H groups in total. The van der Waals surface area contributed by atoms with Crippen LogP contribution in [0, 0.1) is 0 Å². The Morgan fingerprint density at radius 3 is 2.71 bits per heavy atom. The summed E-state index contributed by atoms with van der Waals surface area (Å²) in [5, 5.41) is 8.85. The monoisotopic (exact) mass is 492 g/mol. The standard InChI is InChI=1S/C25H25ClN6O3/c1-35-25-29-14-17-8-10-20(30-22(17)32-25)24(34)31-21-13-16(7-9-18(21)26)23(33)28-12-11-19(27)15-5-3-2-4-6-15/h2-10,13-14,19,25H,11-12,27H2,1H3,(H,28,33)(H,30,32)(H,31,34). The molecule has 3 aromatic rings. The Labute approximate surface area is 207 Å². The zero-order valence-electron chi connectivity index (χ0n) is 19.0. The van der Waals surface area contributed by atoms with Gasteiger partial charge < -0.3 is 26.4 Å². The summed E-state index contributed by atoms with van der Waals surface area (Å²) in [6, 6.07) is 17.5. The van der Waals surface area contributed by atoms with Gasteiger partial charge in [0.1, 0.15) is 11.5 Å². The number of rotatable bonds is 8. The number of ether oxygens (including phenoxy) is 1. The van der Waals surface area contributed by atoms with E-state index in [2.05, 4.69) is 25.9 Å². The van der Waals surface area contributed by atoms with Crippen molar-refractivity contribution in [2.75, 3.05) is 24.3 Å². The molecule has 2 aromatic carbocycles. The minimum atomic E-state index is -0.569. The van der Waals surface area contributed by atoms with Gasteiger partial charge in [-0.05, 0) is 42.3 Å². The summed E-state index contributed by atoms with van der Waals surface area (Å²) in [7, 11) is 1.51. The lowest BCUT2D eigenvalue weighted by Crippen LogP contribution is -2.27. The number of halogens is 1. The summed E-state index contributed by atoms with van der Waals surface area (Å²) in [6.07, 6.45) is 1.64. The Kier molecular flexibility index (Phi) is 7.71. The van der Waals surface area contributed by atoms with Gasteiger partial charge in [-0.25, -0.2) is 9.98 Å². The summed E-state index contributed by atoms with van der Waals surface area (Å²) < 4.78 is 5.15. The third-order valence-corrected chi connectivity index (χ3v) is 5.77. The van der Waals surface area contributed by atoms with Crippen molar-refractivity contribution in [2.45, 2.75) is 18.8 Å². The van der Waals surface area contributed by atoms with E-state index in [9.17, 15) is 9.59 Å². The number of amides is 2. The van der Waals surface area contributed by atoms with E-state index in [1.54, 1.807) is 30.5 Å². The molecule has 2 atom stereocenters. The Morgan fingerprint density at radius 2 is 1.94 bits per heavy atom. The van der Waals surface area contributed by atoms with Crippen LogP contribution in [0.4, 0.5) is 11.5 Å². The van der Waals surface area contributed by atoms with Crippen LogP contribution in [0.15, 0.2) is 65.7 Å². The number of aromatic nitrogens is 1. The molecule has 35 heavy (non-hydrogen) atoms. The topological polar surface area (TPSA) is 131 Å². The zero-order chi connectivity index (χ0) is 24.8. The number of nitrogens with zero attached hydrogens (tertiary/aromatic N) is 2. The molecule has 2 heterocycles. The molecule has 1 aliphatic heterocycles. The van der Waals surface area contributed by atoms with E-state index in [-0.39, 0.29) is 17.6 Å². The summed E-state index contributed by atoms with van der Waals surface area (Å²) in [4.78, 5) is 34.0. The summed E-state index contributed by atoms with van der Waals surface area (Å²) in [5.74, 6) is -0.287. The van der Waals surface area contributed by atoms with E-state index in [0.29, 0.717) is 35.1 Å². The molecule has 0 aliphatic carbocycles. The highest BCUT2D eigenvalue weighted by Gasteiger charge is 2.18. The number of nitrogens with one attached hydrogen (secondary N) is 3. The summed E-state index contributed by atoms with van der Waals surface area (Å²) in [6.45, 7) is 0.400. The van der Waals surface area contributed by atoms with Crippen LogP contribution in [0.5, 0.6) is 0 Å². The van der Waals surface area contributed by atoms with Crippen LogP contribution in [0.3, 0.4) is 0 Å². The van der Waals surface area contributed by atoms with Crippen molar-refractivity contribution in [1.29, 1.82) is 0 Å². The molecule has 2 amide bonds. The largest absolute Gasteiger partial charge is 0.352 e. The highest BCUT2D eigenvalue weighted by atomic mass is 35.5. The Bertz CT molecular complexity index is 1250. The molecule has 0 radical (unpaired) electrons. The third kappa shape index (κ3) is 6.02. The SMILES string of the molecule is COC1N=Cc2ccc(C(=O)Nc3cc(C(=O)NCCC(N)c4ccccc4)ccc3Cl)nc2N1. The van der Waals surface area contributed by atoms with E-state index in [1.165, 1.54) is 13.2 Å². The quantitative estimate of drug-likeness (QED) is 0.380. The number of nitrogens with two attached hydrogens (primary N) is 1. The number of methoxy groups -OCH3 is 1. The number of pyridine rings is 1. The van der Waals surface area contributed by atoms with Crippen LogP contribution in [0.25, 0.3) is 0 Å². The number of anilines is 2. The highest BCUT2D eigenvalue weighted by molar-refractivity contribution is 6.34. The number of carbonyl (C=O) groups excluding carboxylic acids is 2. The number of aliphatic imine (C=N–C) groups is 1. The maximum Gasteiger partial charge on any atom is 0.274 e. The lowest BCUT2D eigenvalue weighted by Gasteiger charge is -2.19. The molecular weight excluding hydrogens is 468 g/mol. The Morgan fingerprint density at radius 1 is 1.14 bits per heavy atom. The van der Waals surface area contributed by atoms with Gasteiger partial charge in [0, 0.05) is 37.0 Å². The van der Waals surface area contributed by atoms with Gasteiger partial charge in [-0.15, -0.1) is 0 Å². The van der Waals surface area contributed by atoms with Crippen LogP contribution >= 0.6 is 11.6 Å². The van der Waals surface area contributed by atoms with Gasteiger partial charge in [0.15, 0.2) is 0 Å². The zero-order valence-corrected chi connectivity index (χ0v) is 19.8. The number of fused-ring (bicyclic) bond motifs is 1. The molecule has 0 saturated carbocycles. The molecule has 0 spiro atoms. The predicted octanol–water partition coefficient (Wildman–Crippen LogP) is 3.58. The molecule has 10 heteroatoms. The van der Waals surface area contributed by atoms with Crippen molar-refractivity contribution in [3.8, 4) is 0 Å². The number of carbonyl (C=O) groups is 2. The molecule has 4 rings (SSSR count). The first kappa shape index (κ1) is 24.3. The second kappa shape index (κ2) is 11.1. The van der Waals surface area contributed by atoms with Crippen molar-refractivity contribution in [1.82, 2.24) is 10.3 Å². The first-order valence-corrected chi connectivity index (χ1v) is 11.4. The smallest absolute Gasteiger partial charge is 0.274 e. The maximum absolute atomic E-state index is 12.8. The molecule has 180 valence electrons. The van der Waals surface area contributed by atoms with Crippen LogP contribution in [0.1, 0.15) is 44.4 Å². The van der Waals surface area contributed by atoms with E-state index in [0.717, 1.165) is 11.1 Å². The van der Waals surface area contributed by atoms with Gasteiger partial charge in [-0.1, -0.05) is 41.9 Å². The first-order valence-electron chi connectivity index (χ1n) is 11.0. The van der Waals surface area contributed by atoms with Gasteiger partial charge in [0.25, 0.3) is 11.8 Å². The normalized spacial score (nSPS) is 15.0. The molecule has 9 nitrogen and oxygen atoms in total. The second-order valence-corrected chi connectivity index (χ2v) is 8.26. The fraction of sp³-hybridized carbons (Fsp3) is 0.200. The molecule has 1 aliphatic rings. The van der Waals surface area contributed by atoms with Crippen LogP contribution < -0.4 is 21.7 Å². The van der Waals surface area contributed by atoms with Crippen molar-refractivity contribution >= 4 is 41.1 Å². The minimum absolute atomic E-state index is 0.169. The van der Waals surface area contributed by atoms with E-state index in [4.69, 9.17) is 22.1 Å². The fourth-order valence-corrected chi connectivity index (χ4v) is 3.66. The molecule has 2 unspecified atom stereocenters. The van der Waals surface area contributed by atoms with Gasteiger partial charge >= 0.3 is 0 Å². The molecule has 0 saturated heterocycles. The van der Waals surface area contributed by atoms with Crippen LogP contribution in [0.2, 0.25) is 5.02 Å². The molecule has 0 bridgehead atoms. The van der Waals surface area contributed by atoms with Crippen molar-refractivity contribution in [3.63, 3.8) is 0 Å². The maximum atomic E-state index is 12.8. The lowest BCUT2D eigenvalue weighted by atomic mass is 10.0. The predicted molar refractivity (Wildman–Crippen MR) is 136 cm³/mol. The summed E-state index contributed by atoms with van der Waals surface area (Å²) >= 11 is 6.27. The Hall–Kier alpha value is -3.79. The van der Waals surface area contributed by atoms with E-state index in [1.807, 2.05) is 30.3 Å². The van der Waals surface area contributed by atoms with Crippen LogP contribution in [-0.2, 0) is 4.74 Å². The van der Waals surface area contributed by atoms with Gasteiger partial charge in [-0.3, -0.25) is 9.59 Å². The highest BCUT2D eigenvalue weighted by Crippen LogP contribution is 2.24. The Balaban J connectivity index is 1.39.